The first kappa shape index (κ1) is 19.3. The van der Waals surface area contributed by atoms with Gasteiger partial charge in [0.15, 0.2) is 0 Å². The maximum absolute atomic E-state index is 12.9. The van der Waals surface area contributed by atoms with Crippen molar-refractivity contribution < 1.29 is 9.53 Å². The highest BCUT2D eigenvalue weighted by Gasteiger charge is 2.31. The number of aromatic nitrogens is 2. The molecular weight excluding hydrogens is 390 g/mol. The van der Waals surface area contributed by atoms with Gasteiger partial charge < -0.3 is 19.5 Å². The van der Waals surface area contributed by atoms with E-state index in [0.29, 0.717) is 30.2 Å². The number of carbonyl (C=O) groups excluding carboxylic acids is 1. The minimum atomic E-state index is -0.187. The molecule has 0 radical (unpaired) electrons. The van der Waals surface area contributed by atoms with Crippen LogP contribution in [0.2, 0.25) is 0 Å². The van der Waals surface area contributed by atoms with Crippen LogP contribution >= 0.6 is 0 Å². The summed E-state index contributed by atoms with van der Waals surface area (Å²) in [5.74, 6) is 1.29. The largest absolute Gasteiger partial charge is 0.456 e. The SMILES string of the molecule is C[C@@H]1c2ccc(C#N)c(c2)Oc2cccc(c2)CN2CCC(NCc3cncn31)C2=O. The normalized spacial score (nSPS) is 20.6. The average Bonchev–Trinajstić information content (AvgIpc) is 3.38. The fourth-order valence-corrected chi connectivity index (χ4v) is 4.32. The van der Waals surface area contributed by atoms with Gasteiger partial charge in [0.05, 0.1) is 29.7 Å². The third-order valence-corrected chi connectivity index (χ3v) is 6.10. The Morgan fingerprint density at radius 1 is 1.26 bits per heavy atom. The zero-order chi connectivity index (χ0) is 21.4. The molecule has 0 saturated carbocycles. The number of hydrogen-bond acceptors (Lipinski definition) is 5. The fourth-order valence-electron chi connectivity index (χ4n) is 4.32. The number of benzene rings is 2. The van der Waals surface area contributed by atoms with Crippen molar-refractivity contribution in [2.24, 2.45) is 0 Å². The molecule has 3 heterocycles. The lowest BCUT2D eigenvalue weighted by atomic mass is 10.0. The zero-order valence-corrected chi connectivity index (χ0v) is 17.3. The van der Waals surface area contributed by atoms with Gasteiger partial charge in [0.25, 0.3) is 0 Å². The van der Waals surface area contributed by atoms with E-state index in [1.807, 2.05) is 47.5 Å². The first-order valence-electron chi connectivity index (χ1n) is 10.5. The number of hydrogen-bond donors (Lipinski definition) is 1. The molecule has 7 heteroatoms. The van der Waals surface area contributed by atoms with E-state index in [0.717, 1.165) is 29.8 Å². The van der Waals surface area contributed by atoms with Gasteiger partial charge in [-0.15, -0.1) is 0 Å². The molecule has 1 aromatic heterocycles. The summed E-state index contributed by atoms with van der Waals surface area (Å²) in [6, 6.07) is 15.4. The molecule has 1 unspecified atom stereocenters. The maximum Gasteiger partial charge on any atom is 0.240 e. The smallest absolute Gasteiger partial charge is 0.240 e. The van der Waals surface area contributed by atoms with E-state index in [4.69, 9.17) is 4.74 Å². The summed E-state index contributed by atoms with van der Waals surface area (Å²) in [6.07, 6.45) is 4.41. The first-order chi connectivity index (χ1) is 15.1. The Balaban J connectivity index is 1.59. The molecule has 2 atom stereocenters. The molecule has 1 saturated heterocycles. The standard InChI is InChI=1S/C24H23N5O2/c1-16-18-5-6-19(11-25)23(10-18)31-21-4-2-3-17(9-21)14-28-8-7-22(24(28)30)27-13-20-12-26-15-29(16)20/h2-6,9-10,12,15-16,22,27H,7-8,13-14H2,1H3/t16-,22?/m1/s1. The van der Waals surface area contributed by atoms with Gasteiger partial charge in [-0.3, -0.25) is 4.79 Å². The van der Waals surface area contributed by atoms with E-state index < -0.39 is 0 Å². The molecule has 0 spiro atoms. The molecule has 6 bridgehead atoms. The molecule has 5 rings (SSSR count). The van der Waals surface area contributed by atoms with Crippen LogP contribution in [0.5, 0.6) is 11.5 Å². The van der Waals surface area contributed by atoms with Gasteiger partial charge in [-0.05, 0) is 48.7 Å². The molecule has 1 N–H and O–H groups in total. The van der Waals surface area contributed by atoms with E-state index in [2.05, 4.69) is 27.9 Å². The Hall–Kier alpha value is -3.63. The van der Waals surface area contributed by atoms with E-state index in [-0.39, 0.29) is 18.0 Å². The second-order valence-electron chi connectivity index (χ2n) is 8.07. The van der Waals surface area contributed by atoms with Crippen LogP contribution in [-0.4, -0.2) is 32.9 Å². The van der Waals surface area contributed by atoms with E-state index >= 15 is 0 Å². The Labute approximate surface area is 180 Å². The summed E-state index contributed by atoms with van der Waals surface area (Å²) in [5.41, 5.74) is 3.50. The van der Waals surface area contributed by atoms with Gasteiger partial charge >= 0.3 is 0 Å². The predicted octanol–water partition coefficient (Wildman–Crippen LogP) is 3.36. The summed E-state index contributed by atoms with van der Waals surface area (Å²) in [5, 5.41) is 13.0. The third kappa shape index (κ3) is 3.66. The lowest BCUT2D eigenvalue weighted by Gasteiger charge is -2.21. The lowest BCUT2D eigenvalue weighted by molar-refractivity contribution is -0.129. The number of nitrogens with zero attached hydrogens (tertiary/aromatic N) is 4. The van der Waals surface area contributed by atoms with Crippen LogP contribution in [0.4, 0.5) is 0 Å². The number of amides is 1. The molecular formula is C24H23N5O2. The zero-order valence-electron chi connectivity index (χ0n) is 17.3. The quantitative estimate of drug-likeness (QED) is 0.611. The van der Waals surface area contributed by atoms with Crippen molar-refractivity contribution in [1.29, 1.82) is 5.26 Å². The number of imidazole rings is 1. The van der Waals surface area contributed by atoms with Crippen molar-refractivity contribution in [2.45, 2.75) is 38.5 Å². The number of ether oxygens (including phenoxy) is 1. The fraction of sp³-hybridized carbons (Fsp3) is 0.292. The average molecular weight is 413 g/mol. The number of carbonyl (C=O) groups is 1. The molecule has 156 valence electrons. The minimum absolute atomic E-state index is 0.00980. The Kier molecular flexibility index (Phi) is 4.92. The van der Waals surface area contributed by atoms with Crippen molar-refractivity contribution in [2.75, 3.05) is 6.54 Å². The topological polar surface area (TPSA) is 83.2 Å². The van der Waals surface area contributed by atoms with Crippen molar-refractivity contribution in [3.63, 3.8) is 0 Å². The highest BCUT2D eigenvalue weighted by atomic mass is 16.5. The number of fused-ring (bicyclic) bond motifs is 7. The van der Waals surface area contributed by atoms with Crippen molar-refractivity contribution in [3.8, 4) is 17.6 Å². The Morgan fingerprint density at radius 3 is 3.03 bits per heavy atom. The maximum atomic E-state index is 12.9. The van der Waals surface area contributed by atoms with Gasteiger partial charge in [-0.2, -0.15) is 5.26 Å². The Morgan fingerprint density at radius 2 is 2.16 bits per heavy atom. The summed E-state index contributed by atoms with van der Waals surface area (Å²) in [7, 11) is 0. The summed E-state index contributed by atoms with van der Waals surface area (Å²) in [6.45, 7) is 3.90. The van der Waals surface area contributed by atoms with Crippen LogP contribution in [-0.2, 0) is 17.9 Å². The third-order valence-electron chi connectivity index (χ3n) is 6.10. The van der Waals surface area contributed by atoms with Crippen molar-refractivity contribution in [1.82, 2.24) is 19.8 Å². The van der Waals surface area contributed by atoms with Crippen LogP contribution in [0, 0.1) is 11.3 Å². The number of nitrogens with one attached hydrogen (secondary N) is 1. The van der Waals surface area contributed by atoms with E-state index in [9.17, 15) is 10.1 Å². The van der Waals surface area contributed by atoms with Gasteiger partial charge in [0, 0.05) is 25.8 Å². The number of nitriles is 1. The van der Waals surface area contributed by atoms with E-state index in [1.165, 1.54) is 0 Å². The highest BCUT2D eigenvalue weighted by molar-refractivity contribution is 5.84. The molecule has 0 aliphatic carbocycles. The van der Waals surface area contributed by atoms with Crippen LogP contribution in [0.15, 0.2) is 55.0 Å². The van der Waals surface area contributed by atoms with Crippen LogP contribution in [0.3, 0.4) is 0 Å². The monoisotopic (exact) mass is 413 g/mol. The van der Waals surface area contributed by atoms with Gasteiger partial charge in [-0.25, -0.2) is 4.98 Å². The molecule has 7 nitrogen and oxygen atoms in total. The molecule has 1 amide bonds. The van der Waals surface area contributed by atoms with Crippen LogP contribution in [0.25, 0.3) is 0 Å². The second-order valence-corrected chi connectivity index (χ2v) is 8.07. The van der Waals surface area contributed by atoms with Crippen molar-refractivity contribution in [3.05, 3.63) is 77.4 Å². The second kappa shape index (κ2) is 7.89. The predicted molar refractivity (Wildman–Crippen MR) is 114 cm³/mol. The van der Waals surface area contributed by atoms with Crippen LogP contribution in [0.1, 0.15) is 41.8 Å². The van der Waals surface area contributed by atoms with Crippen LogP contribution < -0.4 is 10.1 Å². The minimum Gasteiger partial charge on any atom is -0.456 e. The first-order valence-corrected chi connectivity index (χ1v) is 10.5. The van der Waals surface area contributed by atoms with Gasteiger partial charge in [-0.1, -0.05) is 18.2 Å². The summed E-state index contributed by atoms with van der Waals surface area (Å²) < 4.78 is 8.23. The molecule has 2 aliphatic rings. The Bertz CT molecular complexity index is 1180. The summed E-state index contributed by atoms with van der Waals surface area (Å²) >= 11 is 0. The highest BCUT2D eigenvalue weighted by Crippen LogP contribution is 2.31. The summed E-state index contributed by atoms with van der Waals surface area (Å²) in [4.78, 5) is 19.1. The molecule has 31 heavy (non-hydrogen) atoms. The van der Waals surface area contributed by atoms with Gasteiger partial charge in [0.2, 0.25) is 5.91 Å². The molecule has 3 aromatic rings. The molecule has 2 aliphatic heterocycles. The molecule has 2 aromatic carbocycles. The van der Waals surface area contributed by atoms with E-state index in [1.54, 1.807) is 12.4 Å². The lowest BCUT2D eigenvalue weighted by Crippen LogP contribution is -2.38. The van der Waals surface area contributed by atoms with Gasteiger partial charge in [0.1, 0.15) is 17.6 Å². The number of rotatable bonds is 0. The molecule has 1 fully saturated rings. The van der Waals surface area contributed by atoms with Crippen molar-refractivity contribution >= 4 is 5.91 Å².